The Labute approximate surface area is 141 Å². The lowest BCUT2D eigenvalue weighted by Crippen LogP contribution is -2.21. The molecular formula is C16H14IN5. The van der Waals surface area contributed by atoms with Crippen molar-refractivity contribution in [3.8, 4) is 11.3 Å². The summed E-state index contributed by atoms with van der Waals surface area (Å²) in [4.78, 5) is 0. The standard InChI is InChI=1S/C16H14IN5/c1-9-5-7-10(8-6-9)14-11-3-2-4-12(17)13(11)15(22-21-14)20-16(18)19/h2-8H,1H3,(H4,18,19,20,22). The van der Waals surface area contributed by atoms with E-state index in [0.717, 1.165) is 25.6 Å². The zero-order chi connectivity index (χ0) is 15.7. The van der Waals surface area contributed by atoms with Crippen molar-refractivity contribution in [2.45, 2.75) is 6.92 Å². The number of fused-ring (bicyclic) bond motifs is 1. The number of halogens is 1. The number of anilines is 1. The van der Waals surface area contributed by atoms with Crippen molar-refractivity contribution in [1.82, 2.24) is 10.2 Å². The van der Waals surface area contributed by atoms with Gasteiger partial charge in [0.1, 0.15) is 5.69 Å². The van der Waals surface area contributed by atoms with Gasteiger partial charge in [-0.05, 0) is 35.6 Å². The van der Waals surface area contributed by atoms with E-state index in [1.54, 1.807) is 0 Å². The maximum absolute atomic E-state index is 7.42. The van der Waals surface area contributed by atoms with Crippen LogP contribution in [0.2, 0.25) is 0 Å². The molecule has 0 amide bonds. The molecule has 1 aromatic heterocycles. The molecule has 6 heteroatoms. The van der Waals surface area contributed by atoms with E-state index in [1.807, 2.05) is 30.3 Å². The largest absolute Gasteiger partial charge is 0.370 e. The third-order valence-corrected chi connectivity index (χ3v) is 4.23. The van der Waals surface area contributed by atoms with Crippen molar-refractivity contribution in [2.75, 3.05) is 5.32 Å². The monoisotopic (exact) mass is 403 g/mol. The fraction of sp³-hybridized carbons (Fsp3) is 0.0625. The van der Waals surface area contributed by atoms with Crippen molar-refractivity contribution in [3.63, 3.8) is 0 Å². The summed E-state index contributed by atoms with van der Waals surface area (Å²) in [6.07, 6.45) is 0. The first-order valence-corrected chi connectivity index (χ1v) is 7.77. The molecule has 0 aliphatic heterocycles. The Bertz CT molecular complexity index is 858. The highest BCUT2D eigenvalue weighted by Crippen LogP contribution is 2.32. The number of aryl methyl sites for hydroxylation is 1. The molecule has 0 atom stereocenters. The van der Waals surface area contributed by atoms with E-state index in [1.165, 1.54) is 5.56 Å². The lowest BCUT2D eigenvalue weighted by Gasteiger charge is -2.11. The Morgan fingerprint density at radius 1 is 1.14 bits per heavy atom. The van der Waals surface area contributed by atoms with E-state index in [2.05, 4.69) is 57.2 Å². The molecule has 0 radical (unpaired) electrons. The molecule has 0 saturated heterocycles. The molecule has 0 saturated carbocycles. The number of nitrogens with one attached hydrogen (secondary N) is 2. The Morgan fingerprint density at radius 3 is 2.55 bits per heavy atom. The van der Waals surface area contributed by atoms with Crippen LogP contribution in [0.3, 0.4) is 0 Å². The number of hydrogen-bond donors (Lipinski definition) is 3. The van der Waals surface area contributed by atoms with Crippen molar-refractivity contribution >= 4 is 45.1 Å². The first kappa shape index (κ1) is 14.7. The molecule has 0 bridgehead atoms. The predicted octanol–water partition coefficient (Wildman–Crippen LogP) is 3.52. The second-order valence-corrected chi connectivity index (χ2v) is 6.13. The number of nitrogens with zero attached hydrogens (tertiary/aromatic N) is 2. The molecule has 22 heavy (non-hydrogen) atoms. The average molecular weight is 403 g/mol. The number of guanidine groups is 1. The van der Waals surface area contributed by atoms with Gasteiger partial charge in [0.15, 0.2) is 11.8 Å². The quantitative estimate of drug-likeness (QED) is 0.347. The summed E-state index contributed by atoms with van der Waals surface area (Å²) in [6, 6.07) is 14.2. The van der Waals surface area contributed by atoms with E-state index in [0.29, 0.717) is 5.82 Å². The van der Waals surface area contributed by atoms with Gasteiger partial charge < -0.3 is 11.1 Å². The maximum Gasteiger partial charge on any atom is 0.191 e. The van der Waals surface area contributed by atoms with Crippen LogP contribution >= 0.6 is 22.6 Å². The smallest absolute Gasteiger partial charge is 0.191 e. The van der Waals surface area contributed by atoms with Gasteiger partial charge in [-0.15, -0.1) is 10.2 Å². The summed E-state index contributed by atoms with van der Waals surface area (Å²) in [5, 5.41) is 20.6. The highest BCUT2D eigenvalue weighted by molar-refractivity contribution is 14.1. The van der Waals surface area contributed by atoms with Gasteiger partial charge in [-0.2, -0.15) is 0 Å². The Hall–Kier alpha value is -2.22. The molecule has 0 fully saturated rings. The molecule has 0 spiro atoms. The van der Waals surface area contributed by atoms with Gasteiger partial charge in [0, 0.05) is 19.9 Å². The van der Waals surface area contributed by atoms with E-state index in [4.69, 9.17) is 11.1 Å². The Kier molecular flexibility index (Phi) is 3.93. The second-order valence-electron chi connectivity index (χ2n) is 4.96. The van der Waals surface area contributed by atoms with Gasteiger partial charge in [-0.25, -0.2) is 0 Å². The fourth-order valence-electron chi connectivity index (χ4n) is 2.31. The van der Waals surface area contributed by atoms with E-state index in [9.17, 15) is 0 Å². The molecule has 3 rings (SSSR count). The summed E-state index contributed by atoms with van der Waals surface area (Å²) >= 11 is 2.25. The minimum absolute atomic E-state index is 0.154. The topological polar surface area (TPSA) is 87.7 Å². The number of benzene rings is 2. The van der Waals surface area contributed by atoms with Gasteiger partial charge in [-0.3, -0.25) is 5.41 Å². The minimum atomic E-state index is -0.154. The Morgan fingerprint density at radius 2 is 1.86 bits per heavy atom. The zero-order valence-corrected chi connectivity index (χ0v) is 14.0. The summed E-state index contributed by atoms with van der Waals surface area (Å²) < 4.78 is 1.03. The SMILES string of the molecule is Cc1ccc(-c2nnc(NC(=N)N)c3c(I)cccc23)cc1. The minimum Gasteiger partial charge on any atom is -0.370 e. The predicted molar refractivity (Wildman–Crippen MR) is 98.0 cm³/mol. The van der Waals surface area contributed by atoms with Crippen molar-refractivity contribution in [3.05, 3.63) is 51.6 Å². The van der Waals surface area contributed by atoms with Gasteiger partial charge in [0.05, 0.1) is 0 Å². The molecule has 2 aromatic carbocycles. The summed E-state index contributed by atoms with van der Waals surface area (Å²) in [5.74, 6) is 0.349. The van der Waals surface area contributed by atoms with Crippen LogP contribution in [-0.4, -0.2) is 16.2 Å². The second kappa shape index (κ2) is 5.88. The average Bonchev–Trinajstić information content (AvgIpc) is 2.48. The van der Waals surface area contributed by atoms with Crippen LogP contribution in [0.25, 0.3) is 22.0 Å². The molecular weight excluding hydrogens is 389 g/mol. The molecule has 0 aliphatic carbocycles. The lowest BCUT2D eigenvalue weighted by molar-refractivity contribution is 1.06. The highest BCUT2D eigenvalue weighted by atomic mass is 127. The number of nitrogens with two attached hydrogens (primary N) is 1. The number of aromatic nitrogens is 2. The van der Waals surface area contributed by atoms with E-state index in [-0.39, 0.29) is 5.96 Å². The van der Waals surface area contributed by atoms with Crippen molar-refractivity contribution in [2.24, 2.45) is 5.73 Å². The van der Waals surface area contributed by atoms with Gasteiger partial charge in [-0.1, -0.05) is 42.0 Å². The van der Waals surface area contributed by atoms with Crippen LogP contribution in [0.15, 0.2) is 42.5 Å². The molecule has 110 valence electrons. The van der Waals surface area contributed by atoms with Crippen LogP contribution in [0.1, 0.15) is 5.56 Å². The number of rotatable bonds is 2. The molecule has 5 nitrogen and oxygen atoms in total. The third kappa shape index (κ3) is 2.74. The third-order valence-electron chi connectivity index (χ3n) is 3.33. The summed E-state index contributed by atoms with van der Waals surface area (Å²) in [5.41, 5.74) is 8.47. The summed E-state index contributed by atoms with van der Waals surface area (Å²) in [7, 11) is 0. The van der Waals surface area contributed by atoms with Crippen molar-refractivity contribution in [1.29, 1.82) is 5.41 Å². The first-order chi connectivity index (χ1) is 10.6. The Balaban J connectivity index is 2.27. The highest BCUT2D eigenvalue weighted by Gasteiger charge is 2.13. The van der Waals surface area contributed by atoms with Crippen LogP contribution in [0.4, 0.5) is 5.82 Å². The van der Waals surface area contributed by atoms with Crippen LogP contribution in [-0.2, 0) is 0 Å². The lowest BCUT2D eigenvalue weighted by atomic mass is 10.0. The van der Waals surface area contributed by atoms with Crippen molar-refractivity contribution < 1.29 is 0 Å². The van der Waals surface area contributed by atoms with Crippen LogP contribution in [0, 0.1) is 15.9 Å². The number of hydrogen-bond acceptors (Lipinski definition) is 3. The molecule has 3 aromatic rings. The maximum atomic E-state index is 7.42. The van der Waals surface area contributed by atoms with E-state index >= 15 is 0 Å². The van der Waals surface area contributed by atoms with Crippen LogP contribution in [0.5, 0.6) is 0 Å². The fourth-order valence-corrected chi connectivity index (χ4v) is 3.06. The van der Waals surface area contributed by atoms with Gasteiger partial charge in [0.25, 0.3) is 0 Å². The molecule has 4 N–H and O–H groups in total. The summed E-state index contributed by atoms with van der Waals surface area (Å²) in [6.45, 7) is 2.05. The molecule has 0 unspecified atom stereocenters. The van der Waals surface area contributed by atoms with Gasteiger partial charge >= 0.3 is 0 Å². The van der Waals surface area contributed by atoms with Crippen LogP contribution < -0.4 is 11.1 Å². The zero-order valence-electron chi connectivity index (χ0n) is 11.9. The normalized spacial score (nSPS) is 10.6. The van der Waals surface area contributed by atoms with E-state index < -0.39 is 0 Å². The van der Waals surface area contributed by atoms with Gasteiger partial charge in [0.2, 0.25) is 0 Å². The molecule has 0 aliphatic rings. The molecule has 1 heterocycles. The first-order valence-electron chi connectivity index (χ1n) is 6.69.